The van der Waals surface area contributed by atoms with Crippen LogP contribution in [0.2, 0.25) is 0 Å². The van der Waals surface area contributed by atoms with Crippen molar-refractivity contribution in [3.8, 4) is 0 Å². The smallest absolute Gasteiger partial charge is 0.166 e. The van der Waals surface area contributed by atoms with Crippen molar-refractivity contribution in [1.29, 1.82) is 0 Å². The molecule has 0 aliphatic heterocycles. The lowest BCUT2D eigenvalue weighted by molar-refractivity contribution is -0.858. The summed E-state index contributed by atoms with van der Waals surface area (Å²) in [6.07, 6.45) is 4.18. The Hall–Kier alpha value is -1.59. The van der Waals surface area contributed by atoms with Gasteiger partial charge in [0.2, 0.25) is 0 Å². The number of hydrogen-bond acceptors (Lipinski definition) is 1. The van der Waals surface area contributed by atoms with E-state index >= 15 is 0 Å². The van der Waals surface area contributed by atoms with Gasteiger partial charge in [0.25, 0.3) is 0 Å². The third-order valence-corrected chi connectivity index (χ3v) is 3.78. The van der Waals surface area contributed by atoms with E-state index in [9.17, 15) is 0 Å². The number of aromatic nitrogens is 1. The van der Waals surface area contributed by atoms with Gasteiger partial charge in [0.15, 0.2) is 5.11 Å². The van der Waals surface area contributed by atoms with E-state index < -0.39 is 0 Å². The minimum atomic E-state index is 0.753. The van der Waals surface area contributed by atoms with Crippen LogP contribution in [-0.2, 0) is 6.42 Å². The van der Waals surface area contributed by atoms with Gasteiger partial charge in [0.1, 0.15) is 0 Å². The summed E-state index contributed by atoms with van der Waals surface area (Å²) in [4.78, 5) is 4.77. The summed E-state index contributed by atoms with van der Waals surface area (Å²) >= 11 is 5.29. The van der Waals surface area contributed by atoms with E-state index in [2.05, 4.69) is 60.2 Å². The molecule has 0 saturated heterocycles. The van der Waals surface area contributed by atoms with Gasteiger partial charge < -0.3 is 20.5 Å². The molecule has 0 aliphatic rings. The fraction of sp³-hybridized carbons (Fsp3) is 0.438. The first kappa shape index (κ1) is 15.8. The highest BCUT2D eigenvalue weighted by molar-refractivity contribution is 7.80. The second-order valence-corrected chi connectivity index (χ2v) is 6.01. The van der Waals surface area contributed by atoms with Gasteiger partial charge in [-0.05, 0) is 30.3 Å². The lowest BCUT2D eigenvalue weighted by atomic mass is 10.1. The number of thiocarbonyl (C=S) groups is 1. The highest BCUT2D eigenvalue weighted by Crippen LogP contribution is 2.17. The zero-order valence-electron chi connectivity index (χ0n) is 12.8. The molecule has 1 aromatic carbocycles. The molecule has 0 radical (unpaired) electrons. The minimum Gasteiger partial charge on any atom is -0.363 e. The van der Waals surface area contributed by atoms with Gasteiger partial charge in [-0.3, -0.25) is 0 Å². The molecule has 5 heteroatoms. The van der Waals surface area contributed by atoms with Crippen LogP contribution in [0.25, 0.3) is 10.9 Å². The highest BCUT2D eigenvalue weighted by atomic mass is 32.1. The molecule has 0 fully saturated rings. The van der Waals surface area contributed by atoms with Crippen molar-refractivity contribution >= 4 is 28.2 Å². The Balaban J connectivity index is 1.68. The van der Waals surface area contributed by atoms with Crippen molar-refractivity contribution in [1.82, 2.24) is 15.6 Å². The lowest BCUT2D eigenvalue weighted by Crippen LogP contribution is -3.05. The maximum absolute atomic E-state index is 5.29. The van der Waals surface area contributed by atoms with E-state index in [0.29, 0.717) is 0 Å². The molecule has 2 aromatic rings. The molecule has 0 atom stereocenters. The van der Waals surface area contributed by atoms with Crippen molar-refractivity contribution < 1.29 is 4.90 Å². The first-order chi connectivity index (χ1) is 10.2. The van der Waals surface area contributed by atoms with Crippen molar-refractivity contribution in [2.75, 3.05) is 33.7 Å². The molecule has 0 unspecified atom stereocenters. The molecule has 1 heterocycles. The molecule has 0 amide bonds. The predicted octanol–water partition coefficient (Wildman–Crippen LogP) is 0.709. The molecule has 0 saturated carbocycles. The SMILES string of the molecule is C[NH+](C)CCCNC(=S)NCCc1c[nH]c2ccccc12. The van der Waals surface area contributed by atoms with Crippen LogP contribution < -0.4 is 15.5 Å². The Morgan fingerprint density at radius 1 is 1.19 bits per heavy atom. The minimum absolute atomic E-state index is 0.753. The highest BCUT2D eigenvalue weighted by Gasteiger charge is 2.03. The van der Waals surface area contributed by atoms with Crippen LogP contribution in [0.5, 0.6) is 0 Å². The van der Waals surface area contributed by atoms with E-state index in [1.165, 1.54) is 21.4 Å². The van der Waals surface area contributed by atoms with E-state index in [-0.39, 0.29) is 0 Å². The average Bonchev–Trinajstić information content (AvgIpc) is 2.87. The maximum atomic E-state index is 5.29. The second kappa shape index (κ2) is 8.00. The summed E-state index contributed by atoms with van der Waals surface area (Å²) < 4.78 is 0. The zero-order chi connectivity index (χ0) is 15.1. The summed E-state index contributed by atoms with van der Waals surface area (Å²) in [6.45, 7) is 2.95. The average molecular weight is 305 g/mol. The number of aromatic amines is 1. The molecule has 0 bridgehead atoms. The van der Waals surface area contributed by atoms with Gasteiger partial charge in [-0.2, -0.15) is 0 Å². The summed E-state index contributed by atoms with van der Waals surface area (Å²) in [5, 5.41) is 8.58. The topological polar surface area (TPSA) is 44.3 Å². The molecular weight excluding hydrogens is 280 g/mol. The Labute approximate surface area is 131 Å². The number of fused-ring (bicyclic) bond motifs is 1. The Morgan fingerprint density at radius 3 is 2.76 bits per heavy atom. The van der Waals surface area contributed by atoms with Crippen molar-refractivity contribution in [3.05, 3.63) is 36.0 Å². The number of quaternary nitrogens is 1. The molecule has 1 aromatic heterocycles. The number of H-pyrrole nitrogens is 1. The van der Waals surface area contributed by atoms with Crippen molar-refractivity contribution in [2.45, 2.75) is 12.8 Å². The van der Waals surface area contributed by atoms with Crippen molar-refractivity contribution in [3.63, 3.8) is 0 Å². The van der Waals surface area contributed by atoms with Crippen molar-refractivity contribution in [2.24, 2.45) is 0 Å². The Morgan fingerprint density at radius 2 is 1.95 bits per heavy atom. The fourth-order valence-corrected chi connectivity index (χ4v) is 2.56. The third kappa shape index (κ3) is 5.02. The normalized spacial score (nSPS) is 11.0. The Kier molecular flexibility index (Phi) is 6.02. The van der Waals surface area contributed by atoms with Crippen LogP contribution >= 0.6 is 12.2 Å². The van der Waals surface area contributed by atoms with Crippen LogP contribution in [0.15, 0.2) is 30.5 Å². The fourth-order valence-electron chi connectivity index (χ4n) is 2.36. The second-order valence-electron chi connectivity index (χ2n) is 5.60. The molecule has 21 heavy (non-hydrogen) atoms. The molecule has 0 aliphatic carbocycles. The van der Waals surface area contributed by atoms with Gasteiger partial charge >= 0.3 is 0 Å². The van der Waals surface area contributed by atoms with E-state index in [4.69, 9.17) is 12.2 Å². The Bertz CT molecular complexity index is 576. The quantitative estimate of drug-likeness (QED) is 0.450. The van der Waals surface area contributed by atoms with Gasteiger partial charge in [0.05, 0.1) is 20.6 Å². The number of para-hydroxylation sites is 1. The molecule has 114 valence electrons. The molecule has 0 spiro atoms. The molecule has 4 nitrogen and oxygen atoms in total. The predicted molar refractivity (Wildman–Crippen MR) is 92.9 cm³/mol. The van der Waals surface area contributed by atoms with Crippen LogP contribution in [0.1, 0.15) is 12.0 Å². The standard InChI is InChI=1S/C16H24N4S/c1-20(2)11-5-9-17-16(21)18-10-8-13-12-19-15-7-4-3-6-14(13)15/h3-4,6-7,12,19H,5,8-11H2,1-2H3,(H2,17,18,21)/p+1. The summed E-state index contributed by atoms with van der Waals surface area (Å²) in [6, 6.07) is 8.38. The van der Waals surface area contributed by atoms with Gasteiger partial charge in [-0.1, -0.05) is 18.2 Å². The van der Waals surface area contributed by atoms with E-state index in [0.717, 1.165) is 37.6 Å². The number of rotatable bonds is 7. The van der Waals surface area contributed by atoms with Crippen LogP contribution in [-0.4, -0.2) is 43.8 Å². The number of nitrogens with one attached hydrogen (secondary N) is 4. The molecule has 2 rings (SSSR count). The summed E-state index contributed by atoms with van der Waals surface area (Å²) in [5.74, 6) is 0. The first-order valence-corrected chi connectivity index (χ1v) is 7.93. The van der Waals surface area contributed by atoms with E-state index in [1.807, 2.05) is 0 Å². The van der Waals surface area contributed by atoms with Gasteiger partial charge in [-0.15, -0.1) is 0 Å². The third-order valence-electron chi connectivity index (χ3n) is 3.49. The summed E-state index contributed by atoms with van der Waals surface area (Å²) in [7, 11) is 4.33. The first-order valence-electron chi connectivity index (χ1n) is 7.52. The maximum Gasteiger partial charge on any atom is 0.166 e. The van der Waals surface area contributed by atoms with Gasteiger partial charge in [0, 0.05) is 36.6 Å². The molecular formula is C16H25N4S+. The lowest BCUT2D eigenvalue weighted by Gasteiger charge is -2.11. The van der Waals surface area contributed by atoms with E-state index in [1.54, 1.807) is 0 Å². The zero-order valence-corrected chi connectivity index (χ0v) is 13.6. The largest absolute Gasteiger partial charge is 0.363 e. The number of benzene rings is 1. The molecule has 4 N–H and O–H groups in total. The number of hydrogen-bond donors (Lipinski definition) is 4. The van der Waals surface area contributed by atoms with Gasteiger partial charge in [-0.25, -0.2) is 0 Å². The summed E-state index contributed by atoms with van der Waals surface area (Å²) in [5.41, 5.74) is 2.52. The van der Waals surface area contributed by atoms with Crippen LogP contribution in [0, 0.1) is 0 Å². The van der Waals surface area contributed by atoms with Crippen LogP contribution in [0.4, 0.5) is 0 Å². The van der Waals surface area contributed by atoms with Crippen LogP contribution in [0.3, 0.4) is 0 Å². The monoisotopic (exact) mass is 305 g/mol.